The summed E-state index contributed by atoms with van der Waals surface area (Å²) in [4.78, 5) is 0. The molecule has 0 spiro atoms. The molecular weight excluding hydrogens is 293 g/mol. The normalized spacial score (nSPS) is 11.9. The second-order valence-corrected chi connectivity index (χ2v) is 5.21. The third-order valence-electron chi connectivity index (χ3n) is 3.36. The maximum Gasteiger partial charge on any atom is 0.416 e. The van der Waals surface area contributed by atoms with E-state index < -0.39 is 11.7 Å². The van der Waals surface area contributed by atoms with Crippen molar-refractivity contribution in [3.05, 3.63) is 61.2 Å². The van der Waals surface area contributed by atoms with E-state index in [2.05, 4.69) is 0 Å². The monoisotopic (exact) mass is 308 g/mol. The molecule has 3 aromatic rings. The Balaban J connectivity index is 2.18. The molecule has 7 heteroatoms. The Bertz CT molecular complexity index is 756. The highest BCUT2D eigenvalue weighted by Gasteiger charge is 2.32. The Morgan fingerprint density at radius 2 is 1.27 bits per heavy atom. The van der Waals surface area contributed by atoms with Crippen LogP contribution in [0.25, 0.3) is 11.4 Å². The van der Waals surface area contributed by atoms with E-state index in [1.807, 2.05) is 14.1 Å². The highest BCUT2D eigenvalue weighted by molar-refractivity contribution is 5.48. The summed E-state index contributed by atoms with van der Waals surface area (Å²) >= 11 is 0. The third kappa shape index (κ3) is 2.74. The topological polar surface area (TPSA) is 17.6 Å². The molecule has 3 rings (SSSR count). The molecule has 1 aromatic carbocycles. The van der Waals surface area contributed by atoms with Crippen LogP contribution in [0.4, 0.5) is 13.2 Å². The van der Waals surface area contributed by atoms with Gasteiger partial charge in [-0.25, -0.2) is 18.3 Å². The van der Waals surface area contributed by atoms with Gasteiger partial charge in [-0.1, -0.05) is 0 Å². The van der Waals surface area contributed by atoms with E-state index in [0.29, 0.717) is 11.4 Å². The number of rotatable bonds is 2. The van der Waals surface area contributed by atoms with Gasteiger partial charge in [0.15, 0.2) is 0 Å². The van der Waals surface area contributed by atoms with Crippen molar-refractivity contribution in [1.82, 2.24) is 9.13 Å². The second-order valence-electron chi connectivity index (χ2n) is 5.21. The van der Waals surface area contributed by atoms with Gasteiger partial charge in [0.2, 0.25) is 12.7 Å². The zero-order valence-electron chi connectivity index (χ0n) is 12.1. The highest BCUT2D eigenvalue weighted by Crippen LogP contribution is 2.32. The Kier molecular flexibility index (Phi) is 3.27. The molecule has 2 heterocycles. The van der Waals surface area contributed by atoms with Crippen molar-refractivity contribution < 1.29 is 22.3 Å². The van der Waals surface area contributed by atoms with E-state index in [4.69, 9.17) is 0 Å². The van der Waals surface area contributed by atoms with E-state index >= 15 is 0 Å². The molecule has 22 heavy (non-hydrogen) atoms. The molecule has 0 fully saturated rings. The molecule has 114 valence electrons. The summed E-state index contributed by atoms with van der Waals surface area (Å²) in [6, 6.07) is 4.01. The van der Waals surface area contributed by atoms with Crippen LogP contribution in [-0.4, -0.2) is 9.13 Å². The Labute approximate surface area is 125 Å². The first kappa shape index (κ1) is 14.4. The first-order chi connectivity index (χ1) is 10.3. The van der Waals surface area contributed by atoms with E-state index in [-0.39, 0.29) is 0 Å². The number of alkyl halides is 3. The van der Waals surface area contributed by atoms with Gasteiger partial charge in [-0.3, -0.25) is 0 Å². The van der Waals surface area contributed by atoms with Crippen molar-refractivity contribution in [3.63, 3.8) is 0 Å². The molecule has 0 aliphatic heterocycles. The van der Waals surface area contributed by atoms with Crippen molar-refractivity contribution in [2.45, 2.75) is 6.18 Å². The average Bonchev–Trinajstić information content (AvgIpc) is 3.06. The summed E-state index contributed by atoms with van der Waals surface area (Å²) in [7, 11) is 3.63. The molecule has 0 bridgehead atoms. The third-order valence-corrected chi connectivity index (χ3v) is 3.36. The molecule has 0 aliphatic carbocycles. The van der Waals surface area contributed by atoms with Crippen molar-refractivity contribution in [2.75, 3.05) is 0 Å². The number of benzene rings is 1. The van der Waals surface area contributed by atoms with Crippen LogP contribution in [0.15, 0.2) is 55.6 Å². The SMILES string of the molecule is C[n+]1ccn(-c2cc(-n3cc[n+](C)c3)cc(C(F)(F)F)c2)c1. The van der Waals surface area contributed by atoms with Crippen LogP contribution in [0.5, 0.6) is 0 Å². The lowest BCUT2D eigenvalue weighted by Crippen LogP contribution is -2.24. The predicted molar refractivity (Wildman–Crippen MR) is 72.5 cm³/mol. The molecule has 0 radical (unpaired) electrons. The lowest BCUT2D eigenvalue weighted by atomic mass is 10.1. The summed E-state index contributed by atoms with van der Waals surface area (Å²) in [6.45, 7) is 0. The number of hydrogen-bond donors (Lipinski definition) is 0. The standard InChI is InChI=1S/C15H15F3N4/c1-19-3-5-21(10-19)13-7-12(15(16,17)18)8-14(9-13)22-6-4-20(2)11-22/h3-11H,1-2H3/q+2. The van der Waals surface area contributed by atoms with Crippen LogP contribution < -0.4 is 9.13 Å². The summed E-state index contributed by atoms with van der Waals surface area (Å²) in [5.41, 5.74) is 0.247. The van der Waals surface area contributed by atoms with Crippen LogP contribution >= 0.6 is 0 Å². The van der Waals surface area contributed by atoms with Crippen molar-refractivity contribution >= 4 is 0 Å². The quantitative estimate of drug-likeness (QED) is 0.644. The van der Waals surface area contributed by atoms with Crippen LogP contribution in [0.3, 0.4) is 0 Å². The fraction of sp³-hybridized carbons (Fsp3) is 0.200. The van der Waals surface area contributed by atoms with Gasteiger partial charge in [-0.05, 0) is 12.1 Å². The molecule has 0 saturated carbocycles. The van der Waals surface area contributed by atoms with E-state index in [9.17, 15) is 13.2 Å². The van der Waals surface area contributed by atoms with Gasteiger partial charge in [0.05, 0.1) is 19.7 Å². The highest BCUT2D eigenvalue weighted by atomic mass is 19.4. The summed E-state index contributed by atoms with van der Waals surface area (Å²) in [5, 5.41) is 0. The van der Waals surface area contributed by atoms with Gasteiger partial charge in [0.25, 0.3) is 0 Å². The van der Waals surface area contributed by atoms with Crippen molar-refractivity contribution in [1.29, 1.82) is 0 Å². The Morgan fingerprint density at radius 3 is 1.59 bits per heavy atom. The molecular formula is C15H15F3N4+2. The summed E-state index contributed by atoms with van der Waals surface area (Å²) in [6.07, 6.45) is 6.02. The van der Waals surface area contributed by atoms with Gasteiger partial charge < -0.3 is 0 Å². The number of aromatic nitrogens is 4. The van der Waals surface area contributed by atoms with E-state index in [1.165, 1.54) is 0 Å². The summed E-state index contributed by atoms with van der Waals surface area (Å²) in [5.74, 6) is 0. The van der Waals surface area contributed by atoms with Crippen LogP contribution in [0.2, 0.25) is 0 Å². The van der Waals surface area contributed by atoms with Gasteiger partial charge in [-0.15, -0.1) is 0 Å². The zero-order chi connectivity index (χ0) is 15.9. The molecule has 0 N–H and O–H groups in total. The number of imidazole rings is 2. The smallest absolute Gasteiger partial charge is 0.239 e. The van der Waals surface area contributed by atoms with Gasteiger partial charge in [-0.2, -0.15) is 13.2 Å². The second kappa shape index (κ2) is 5.01. The number of aryl methyl sites for hydroxylation is 2. The minimum absolute atomic E-state index is 0.460. The van der Waals surface area contributed by atoms with Crippen LogP contribution in [0, 0.1) is 0 Å². The maximum absolute atomic E-state index is 13.2. The predicted octanol–water partition coefficient (Wildman–Crippen LogP) is 1.94. The average molecular weight is 308 g/mol. The van der Waals surface area contributed by atoms with Gasteiger partial charge in [0, 0.05) is 6.07 Å². The zero-order valence-corrected chi connectivity index (χ0v) is 12.1. The molecule has 0 amide bonds. The molecule has 0 aliphatic rings. The molecule has 0 atom stereocenters. The lowest BCUT2D eigenvalue weighted by Gasteiger charge is -2.09. The van der Waals surface area contributed by atoms with Crippen LogP contribution in [0.1, 0.15) is 5.56 Å². The first-order valence-electron chi connectivity index (χ1n) is 6.62. The Hall–Kier alpha value is -2.57. The minimum Gasteiger partial charge on any atom is -0.239 e. The first-order valence-corrected chi connectivity index (χ1v) is 6.62. The van der Waals surface area contributed by atoms with Gasteiger partial charge >= 0.3 is 6.18 Å². The van der Waals surface area contributed by atoms with Crippen molar-refractivity contribution in [3.8, 4) is 11.4 Å². The number of hydrogen-bond acceptors (Lipinski definition) is 0. The van der Waals surface area contributed by atoms with Gasteiger partial charge in [0.1, 0.15) is 36.2 Å². The molecule has 2 aromatic heterocycles. The number of nitrogens with zero attached hydrogens (tertiary/aromatic N) is 4. The minimum atomic E-state index is -4.39. The summed E-state index contributed by atoms with van der Waals surface area (Å²) < 4.78 is 46.3. The molecule has 0 unspecified atom stereocenters. The van der Waals surface area contributed by atoms with Crippen molar-refractivity contribution in [2.24, 2.45) is 14.1 Å². The van der Waals surface area contributed by atoms with Crippen LogP contribution in [-0.2, 0) is 20.3 Å². The molecule has 0 saturated heterocycles. The fourth-order valence-electron chi connectivity index (χ4n) is 2.26. The molecule has 4 nitrogen and oxygen atoms in total. The maximum atomic E-state index is 13.2. The van der Waals surface area contributed by atoms with E-state index in [0.717, 1.165) is 12.1 Å². The van der Waals surface area contributed by atoms with E-state index in [1.54, 1.807) is 61.8 Å². The fourth-order valence-corrected chi connectivity index (χ4v) is 2.26. The Morgan fingerprint density at radius 1 is 0.818 bits per heavy atom. The number of halogens is 3. The lowest BCUT2D eigenvalue weighted by molar-refractivity contribution is -0.670. The largest absolute Gasteiger partial charge is 0.416 e.